The second kappa shape index (κ2) is 2.98. The number of aromatic carboxylic acids is 1. The highest BCUT2D eigenvalue weighted by Gasteiger charge is 2.06. The van der Waals surface area contributed by atoms with Gasteiger partial charge < -0.3 is 10.5 Å². The lowest BCUT2D eigenvalue weighted by atomic mass is 10.2. The number of carboxylic acid groups (broad SMARTS) is 1. The van der Waals surface area contributed by atoms with Crippen molar-refractivity contribution in [2.45, 2.75) is 0 Å². The maximum absolute atomic E-state index is 10.5. The highest BCUT2D eigenvalue weighted by molar-refractivity contribution is 5.93. The van der Waals surface area contributed by atoms with Gasteiger partial charge in [0.25, 0.3) is 0 Å². The smallest absolute Gasteiger partial charge is 0.337 e. The minimum Gasteiger partial charge on any atom is -0.478 e. The lowest BCUT2D eigenvalue weighted by molar-refractivity contribution is 0.0698. The number of pyridine rings is 1. The number of hydrogen-bond donors (Lipinski definition) is 3. The number of nitrogens with zero attached hydrogens (tertiary/aromatic N) is 1. The zero-order chi connectivity index (χ0) is 8.27. The van der Waals surface area contributed by atoms with Gasteiger partial charge in [0.15, 0.2) is 0 Å². The van der Waals surface area contributed by atoms with Gasteiger partial charge in [-0.3, -0.25) is 10.8 Å². The Morgan fingerprint density at radius 3 is 2.91 bits per heavy atom. The second-order valence-corrected chi connectivity index (χ2v) is 1.87. The Bertz CT molecular complexity index is 274. The van der Waals surface area contributed by atoms with Crippen LogP contribution in [0, 0.1) is 0 Å². The van der Waals surface area contributed by atoms with Crippen molar-refractivity contribution in [3.05, 3.63) is 24.0 Å². The zero-order valence-electron chi connectivity index (χ0n) is 5.61. The molecule has 0 radical (unpaired) electrons. The number of nitrogens with one attached hydrogen (secondary N) is 1. The van der Waals surface area contributed by atoms with Gasteiger partial charge >= 0.3 is 5.97 Å². The van der Waals surface area contributed by atoms with E-state index in [1.165, 1.54) is 18.5 Å². The predicted octanol–water partition coefficient (Wildman–Crippen LogP) is 0.0654. The van der Waals surface area contributed by atoms with E-state index < -0.39 is 5.97 Å². The summed E-state index contributed by atoms with van der Waals surface area (Å²) in [5, 5.41) is 8.57. The molecule has 0 aliphatic heterocycles. The van der Waals surface area contributed by atoms with Gasteiger partial charge in [-0.25, -0.2) is 4.79 Å². The molecule has 5 nitrogen and oxygen atoms in total. The van der Waals surface area contributed by atoms with E-state index in [2.05, 4.69) is 10.4 Å². The second-order valence-electron chi connectivity index (χ2n) is 1.87. The van der Waals surface area contributed by atoms with Crippen molar-refractivity contribution in [1.82, 2.24) is 4.98 Å². The molecule has 0 amide bonds. The summed E-state index contributed by atoms with van der Waals surface area (Å²) in [4.78, 5) is 14.2. The number of nitrogen functional groups attached to an aromatic ring is 1. The van der Waals surface area contributed by atoms with Gasteiger partial charge in [-0.15, -0.1) is 0 Å². The molecular formula is C6H7N3O2. The van der Waals surface area contributed by atoms with Gasteiger partial charge in [0, 0.05) is 6.20 Å². The van der Waals surface area contributed by atoms with Gasteiger partial charge in [-0.1, -0.05) is 0 Å². The summed E-state index contributed by atoms with van der Waals surface area (Å²) in [5.74, 6) is 4.01. The normalized spacial score (nSPS) is 9.18. The van der Waals surface area contributed by atoms with Crippen LogP contribution >= 0.6 is 0 Å². The fourth-order valence-electron chi connectivity index (χ4n) is 0.696. The quantitative estimate of drug-likeness (QED) is 0.413. The molecular weight excluding hydrogens is 146 g/mol. The molecule has 1 aromatic heterocycles. The van der Waals surface area contributed by atoms with Crippen molar-refractivity contribution in [1.29, 1.82) is 0 Å². The van der Waals surface area contributed by atoms with Crippen LogP contribution in [0.1, 0.15) is 10.4 Å². The van der Waals surface area contributed by atoms with Gasteiger partial charge in [0.1, 0.15) is 0 Å². The molecule has 1 aromatic rings. The third-order valence-electron chi connectivity index (χ3n) is 1.21. The van der Waals surface area contributed by atoms with Gasteiger partial charge in [-0.2, -0.15) is 0 Å². The van der Waals surface area contributed by atoms with Crippen molar-refractivity contribution in [3.63, 3.8) is 0 Å². The molecule has 0 aliphatic carbocycles. The summed E-state index contributed by atoms with van der Waals surface area (Å²) in [6.45, 7) is 0. The van der Waals surface area contributed by atoms with Crippen LogP contribution in [0.2, 0.25) is 0 Å². The first-order valence-electron chi connectivity index (χ1n) is 2.89. The van der Waals surface area contributed by atoms with Crippen LogP contribution in [0.3, 0.4) is 0 Å². The first-order chi connectivity index (χ1) is 5.25. The van der Waals surface area contributed by atoms with Gasteiger partial charge in [0.05, 0.1) is 17.4 Å². The average molecular weight is 153 g/mol. The number of aromatic nitrogens is 1. The van der Waals surface area contributed by atoms with Crippen molar-refractivity contribution in [2.24, 2.45) is 5.84 Å². The zero-order valence-corrected chi connectivity index (χ0v) is 5.61. The summed E-state index contributed by atoms with van der Waals surface area (Å²) in [7, 11) is 0. The van der Waals surface area contributed by atoms with Crippen molar-refractivity contribution in [2.75, 3.05) is 5.43 Å². The fourth-order valence-corrected chi connectivity index (χ4v) is 0.696. The molecule has 4 N–H and O–H groups in total. The number of hydrogen-bond acceptors (Lipinski definition) is 4. The van der Waals surface area contributed by atoms with Crippen LogP contribution in [-0.2, 0) is 0 Å². The lowest BCUT2D eigenvalue weighted by Crippen LogP contribution is -2.11. The van der Waals surface area contributed by atoms with E-state index in [-0.39, 0.29) is 5.56 Å². The number of anilines is 1. The van der Waals surface area contributed by atoms with Crippen molar-refractivity contribution >= 4 is 11.7 Å². The summed E-state index contributed by atoms with van der Waals surface area (Å²) < 4.78 is 0. The Morgan fingerprint density at radius 2 is 2.45 bits per heavy atom. The highest BCUT2D eigenvalue weighted by Crippen LogP contribution is 2.10. The largest absolute Gasteiger partial charge is 0.478 e. The Hall–Kier alpha value is -1.62. The third-order valence-corrected chi connectivity index (χ3v) is 1.21. The van der Waals surface area contributed by atoms with E-state index in [1.54, 1.807) is 0 Å². The Kier molecular flexibility index (Phi) is 2.03. The molecule has 0 saturated carbocycles. The molecule has 11 heavy (non-hydrogen) atoms. The van der Waals surface area contributed by atoms with E-state index in [4.69, 9.17) is 10.9 Å². The molecule has 0 fully saturated rings. The number of carboxylic acids is 1. The first-order valence-corrected chi connectivity index (χ1v) is 2.89. The molecule has 0 unspecified atom stereocenters. The summed E-state index contributed by atoms with van der Waals surface area (Å²) in [5.41, 5.74) is 2.65. The number of nitrogens with two attached hydrogens (primary N) is 1. The molecule has 1 rings (SSSR count). The summed E-state index contributed by atoms with van der Waals surface area (Å²) in [6.07, 6.45) is 2.74. The maximum Gasteiger partial charge on any atom is 0.337 e. The van der Waals surface area contributed by atoms with Crippen LogP contribution in [0.5, 0.6) is 0 Å². The van der Waals surface area contributed by atoms with E-state index in [1.807, 2.05) is 0 Å². The minimum absolute atomic E-state index is 0.113. The van der Waals surface area contributed by atoms with Crippen LogP contribution in [0.4, 0.5) is 5.69 Å². The molecule has 1 heterocycles. The number of carbonyl (C=O) groups is 1. The van der Waals surface area contributed by atoms with E-state index in [0.717, 1.165) is 0 Å². The minimum atomic E-state index is -1.03. The lowest BCUT2D eigenvalue weighted by Gasteiger charge is -2.01. The summed E-state index contributed by atoms with van der Waals surface area (Å²) >= 11 is 0. The molecule has 0 saturated heterocycles. The van der Waals surface area contributed by atoms with Crippen LogP contribution in [0.15, 0.2) is 18.5 Å². The predicted molar refractivity (Wildman–Crippen MR) is 39.0 cm³/mol. The Morgan fingerprint density at radius 1 is 1.73 bits per heavy atom. The Balaban J connectivity index is 3.12. The topological polar surface area (TPSA) is 88.2 Å². The third kappa shape index (κ3) is 1.44. The average Bonchev–Trinajstić information content (AvgIpc) is 2.04. The SMILES string of the molecule is NNc1cnccc1C(=O)O. The van der Waals surface area contributed by atoms with Gasteiger partial charge in [-0.05, 0) is 6.07 Å². The maximum atomic E-state index is 10.5. The molecule has 5 heteroatoms. The molecule has 0 spiro atoms. The van der Waals surface area contributed by atoms with Crippen molar-refractivity contribution in [3.8, 4) is 0 Å². The highest BCUT2D eigenvalue weighted by atomic mass is 16.4. The standard InChI is InChI=1S/C6H7N3O2/c7-9-5-3-8-2-1-4(5)6(10)11/h1-3,9H,7H2,(H,10,11). The van der Waals surface area contributed by atoms with Crippen molar-refractivity contribution < 1.29 is 9.90 Å². The monoisotopic (exact) mass is 153 g/mol. The van der Waals surface area contributed by atoms with Crippen LogP contribution in [-0.4, -0.2) is 16.1 Å². The van der Waals surface area contributed by atoms with Crippen LogP contribution < -0.4 is 11.3 Å². The number of hydrazine groups is 1. The number of rotatable bonds is 2. The fraction of sp³-hybridized carbons (Fsp3) is 0. The van der Waals surface area contributed by atoms with Gasteiger partial charge in [0.2, 0.25) is 0 Å². The van der Waals surface area contributed by atoms with E-state index in [9.17, 15) is 4.79 Å². The molecule has 0 aromatic carbocycles. The Labute approximate surface area is 62.8 Å². The molecule has 0 atom stereocenters. The molecule has 0 bridgehead atoms. The van der Waals surface area contributed by atoms with Crippen LogP contribution in [0.25, 0.3) is 0 Å². The molecule has 0 aliphatic rings. The van der Waals surface area contributed by atoms with E-state index >= 15 is 0 Å². The first kappa shape index (κ1) is 7.49. The summed E-state index contributed by atoms with van der Waals surface area (Å²) in [6, 6.07) is 1.37. The molecule has 58 valence electrons. The van der Waals surface area contributed by atoms with E-state index in [0.29, 0.717) is 5.69 Å².